The molecular weight excluding hydrogens is 376 g/mol. The number of benzene rings is 1. The number of hydrogen-bond acceptors (Lipinski definition) is 6. The molecule has 5 nitrogen and oxygen atoms in total. The fourth-order valence-corrected chi connectivity index (χ4v) is 4.89. The standard InChI is InChI=1S/C20H16N4OS2/c1-12-15(21-19(25-12)14-6-4-3-5-7-14)11-27-20-17-10-18-16(8-9-26-18)24(17)13(2)22-23-20/h3-10H,11H2,1-2H3. The molecule has 0 amide bonds. The molecule has 0 N–H and O–H groups in total. The minimum Gasteiger partial charge on any atom is -0.441 e. The summed E-state index contributed by atoms with van der Waals surface area (Å²) in [6.45, 7) is 3.94. The minimum absolute atomic E-state index is 0.659. The first-order valence-electron chi connectivity index (χ1n) is 8.57. The van der Waals surface area contributed by atoms with Gasteiger partial charge in [-0.05, 0) is 43.5 Å². The van der Waals surface area contributed by atoms with Crippen molar-refractivity contribution in [2.24, 2.45) is 0 Å². The van der Waals surface area contributed by atoms with Gasteiger partial charge in [0, 0.05) is 11.3 Å². The van der Waals surface area contributed by atoms with Gasteiger partial charge in [-0.3, -0.25) is 4.40 Å². The molecule has 4 aromatic heterocycles. The van der Waals surface area contributed by atoms with E-state index in [-0.39, 0.29) is 0 Å². The molecule has 0 bridgehead atoms. The maximum atomic E-state index is 5.87. The zero-order chi connectivity index (χ0) is 18.4. The summed E-state index contributed by atoms with van der Waals surface area (Å²) in [7, 11) is 0. The van der Waals surface area contributed by atoms with Gasteiger partial charge >= 0.3 is 0 Å². The predicted molar refractivity (Wildman–Crippen MR) is 109 cm³/mol. The van der Waals surface area contributed by atoms with Crippen LogP contribution in [0.2, 0.25) is 0 Å². The number of fused-ring (bicyclic) bond motifs is 3. The van der Waals surface area contributed by atoms with Crippen molar-refractivity contribution in [1.82, 2.24) is 19.6 Å². The summed E-state index contributed by atoms with van der Waals surface area (Å²) < 4.78 is 9.29. The lowest BCUT2D eigenvalue weighted by atomic mass is 10.2. The lowest BCUT2D eigenvalue weighted by molar-refractivity contribution is 0.540. The fourth-order valence-electron chi connectivity index (χ4n) is 3.15. The third-order valence-corrected chi connectivity index (χ3v) is 6.35. The van der Waals surface area contributed by atoms with Crippen LogP contribution >= 0.6 is 23.1 Å². The minimum atomic E-state index is 0.659. The van der Waals surface area contributed by atoms with Crippen molar-refractivity contribution >= 4 is 38.8 Å². The zero-order valence-electron chi connectivity index (χ0n) is 14.8. The van der Waals surface area contributed by atoms with Crippen LogP contribution in [0.15, 0.2) is 57.3 Å². The summed E-state index contributed by atoms with van der Waals surface area (Å²) in [4.78, 5) is 4.69. The normalized spacial score (nSPS) is 11.6. The highest BCUT2D eigenvalue weighted by atomic mass is 32.2. The van der Waals surface area contributed by atoms with E-state index in [0.717, 1.165) is 33.4 Å². The summed E-state index contributed by atoms with van der Waals surface area (Å²) in [5.41, 5.74) is 4.21. The van der Waals surface area contributed by atoms with E-state index in [1.807, 2.05) is 44.2 Å². The molecule has 0 radical (unpaired) electrons. The molecule has 0 aliphatic rings. The van der Waals surface area contributed by atoms with Gasteiger partial charge in [-0.15, -0.1) is 21.5 Å². The third-order valence-electron chi connectivity index (χ3n) is 4.51. The van der Waals surface area contributed by atoms with E-state index in [1.54, 1.807) is 23.1 Å². The lowest BCUT2D eigenvalue weighted by Crippen LogP contribution is -2.00. The van der Waals surface area contributed by atoms with Crippen LogP contribution in [-0.2, 0) is 5.75 Å². The molecule has 0 fully saturated rings. The van der Waals surface area contributed by atoms with Crippen molar-refractivity contribution in [1.29, 1.82) is 0 Å². The second kappa shape index (κ2) is 6.51. The number of hydrogen-bond donors (Lipinski definition) is 0. The van der Waals surface area contributed by atoms with Crippen LogP contribution < -0.4 is 0 Å². The second-order valence-electron chi connectivity index (χ2n) is 6.26. The Balaban J connectivity index is 1.47. The van der Waals surface area contributed by atoms with Crippen LogP contribution in [0.3, 0.4) is 0 Å². The second-order valence-corrected chi connectivity index (χ2v) is 8.18. The van der Waals surface area contributed by atoms with Gasteiger partial charge in [-0.25, -0.2) is 4.98 Å². The topological polar surface area (TPSA) is 56.2 Å². The molecule has 27 heavy (non-hydrogen) atoms. The molecule has 7 heteroatoms. The first kappa shape index (κ1) is 16.5. The van der Waals surface area contributed by atoms with Crippen LogP contribution in [0, 0.1) is 13.8 Å². The molecule has 0 aliphatic carbocycles. The molecule has 5 aromatic rings. The molecule has 0 spiro atoms. The summed E-state index contributed by atoms with van der Waals surface area (Å²) in [6.07, 6.45) is 0. The first-order valence-corrected chi connectivity index (χ1v) is 10.4. The highest BCUT2D eigenvalue weighted by Gasteiger charge is 2.16. The fraction of sp³-hybridized carbons (Fsp3) is 0.150. The van der Waals surface area contributed by atoms with Gasteiger partial charge in [-0.1, -0.05) is 30.0 Å². The van der Waals surface area contributed by atoms with Crippen molar-refractivity contribution < 1.29 is 4.42 Å². The van der Waals surface area contributed by atoms with Crippen molar-refractivity contribution in [2.75, 3.05) is 0 Å². The van der Waals surface area contributed by atoms with Crippen LogP contribution in [-0.4, -0.2) is 19.6 Å². The maximum absolute atomic E-state index is 5.87. The number of thioether (sulfide) groups is 1. The Morgan fingerprint density at radius 3 is 2.78 bits per heavy atom. The number of aryl methyl sites for hydroxylation is 2. The van der Waals surface area contributed by atoms with Gasteiger partial charge in [0.1, 0.15) is 16.6 Å². The quantitative estimate of drug-likeness (QED) is 0.378. The summed E-state index contributed by atoms with van der Waals surface area (Å²) in [6, 6.07) is 14.3. The van der Waals surface area contributed by atoms with E-state index in [2.05, 4.69) is 37.1 Å². The van der Waals surface area contributed by atoms with Crippen molar-refractivity contribution in [3.63, 3.8) is 0 Å². The molecule has 134 valence electrons. The highest BCUT2D eigenvalue weighted by Crippen LogP contribution is 2.33. The Morgan fingerprint density at radius 1 is 1.07 bits per heavy atom. The number of nitrogens with zero attached hydrogens (tertiary/aromatic N) is 4. The average molecular weight is 393 g/mol. The average Bonchev–Trinajstić information content (AvgIpc) is 3.36. The number of rotatable bonds is 4. The molecule has 5 rings (SSSR count). The maximum Gasteiger partial charge on any atom is 0.226 e. The molecule has 0 saturated heterocycles. The zero-order valence-corrected chi connectivity index (χ0v) is 16.5. The van der Waals surface area contributed by atoms with Crippen LogP contribution in [0.4, 0.5) is 0 Å². The summed E-state index contributed by atoms with van der Waals surface area (Å²) in [5.74, 6) is 3.08. The van der Waals surface area contributed by atoms with E-state index in [0.29, 0.717) is 11.6 Å². The SMILES string of the molecule is Cc1oc(-c2ccccc2)nc1CSc1nnc(C)n2c1cc1sccc12. The van der Waals surface area contributed by atoms with Crippen LogP contribution in [0.25, 0.3) is 27.2 Å². The van der Waals surface area contributed by atoms with Gasteiger partial charge < -0.3 is 4.42 Å². The summed E-state index contributed by atoms with van der Waals surface area (Å²) in [5, 5.41) is 11.8. The Kier molecular flexibility index (Phi) is 3.98. The van der Waals surface area contributed by atoms with Gasteiger partial charge in [0.2, 0.25) is 5.89 Å². The van der Waals surface area contributed by atoms with E-state index in [1.165, 1.54) is 10.2 Å². The largest absolute Gasteiger partial charge is 0.441 e. The third kappa shape index (κ3) is 2.83. The number of oxazole rings is 1. The van der Waals surface area contributed by atoms with E-state index >= 15 is 0 Å². The molecule has 0 saturated carbocycles. The Hall–Kier alpha value is -2.64. The number of aromatic nitrogens is 4. The molecule has 4 heterocycles. The van der Waals surface area contributed by atoms with E-state index in [9.17, 15) is 0 Å². The van der Waals surface area contributed by atoms with Crippen LogP contribution in [0.5, 0.6) is 0 Å². The van der Waals surface area contributed by atoms with Gasteiger partial charge in [0.05, 0.1) is 21.4 Å². The van der Waals surface area contributed by atoms with Crippen molar-refractivity contribution in [3.05, 3.63) is 65.1 Å². The first-order chi connectivity index (χ1) is 13.2. The van der Waals surface area contributed by atoms with Crippen molar-refractivity contribution in [3.8, 4) is 11.5 Å². The number of thiophene rings is 1. The molecular formula is C20H16N4OS2. The van der Waals surface area contributed by atoms with Gasteiger partial charge in [-0.2, -0.15) is 0 Å². The smallest absolute Gasteiger partial charge is 0.226 e. The van der Waals surface area contributed by atoms with E-state index in [4.69, 9.17) is 4.42 Å². The molecule has 1 aromatic carbocycles. The Morgan fingerprint density at radius 2 is 1.93 bits per heavy atom. The summed E-state index contributed by atoms with van der Waals surface area (Å²) >= 11 is 3.38. The molecule has 0 unspecified atom stereocenters. The monoisotopic (exact) mass is 392 g/mol. The van der Waals surface area contributed by atoms with Gasteiger partial charge in [0.15, 0.2) is 0 Å². The Labute approximate surface area is 164 Å². The van der Waals surface area contributed by atoms with Crippen LogP contribution in [0.1, 0.15) is 17.3 Å². The van der Waals surface area contributed by atoms with Gasteiger partial charge in [0.25, 0.3) is 0 Å². The molecule has 0 atom stereocenters. The predicted octanol–water partition coefficient (Wildman–Crippen LogP) is 5.51. The Bertz CT molecular complexity index is 1250. The molecule has 0 aliphatic heterocycles. The van der Waals surface area contributed by atoms with E-state index < -0.39 is 0 Å². The van der Waals surface area contributed by atoms with Crippen molar-refractivity contribution in [2.45, 2.75) is 24.6 Å². The lowest BCUT2D eigenvalue weighted by Gasteiger charge is -2.05. The highest BCUT2D eigenvalue weighted by molar-refractivity contribution is 7.98.